The van der Waals surface area contributed by atoms with Crippen molar-refractivity contribution < 1.29 is 35.7 Å². The maximum Gasteiger partial charge on any atom is 2.00 e. The monoisotopic (exact) mass is 221 g/mol. The van der Waals surface area contributed by atoms with E-state index < -0.39 is 0 Å². The second kappa shape index (κ2) is 1490. The average molecular weight is 221 g/mol. The molecule has 0 saturated carbocycles. The Morgan fingerprint density at radius 2 is 1.00 bits per heavy atom. The third kappa shape index (κ3) is 32900. The van der Waals surface area contributed by atoms with Gasteiger partial charge in [0.2, 0.25) is 0 Å². The van der Waals surface area contributed by atoms with Crippen LogP contribution in [0.15, 0.2) is 0 Å². The Balaban J connectivity index is -0.0000000122. The molecule has 0 aromatic heterocycles. The third-order valence-corrected chi connectivity index (χ3v) is 0.0913. The molecule has 13 heavy (non-hydrogen) atoms. The Bertz CT molecular complexity index is 129. The summed E-state index contributed by atoms with van der Waals surface area (Å²) in [6.45, 7) is 21.1. The van der Waals surface area contributed by atoms with Crippen molar-refractivity contribution in [2.24, 2.45) is 0 Å². The van der Waals surface area contributed by atoms with Crippen LogP contribution in [0, 0.1) is 51.3 Å². The van der Waals surface area contributed by atoms with Gasteiger partial charge in [-0.15, -0.1) is 6.07 Å². The molecule has 0 N–H and O–H groups in total. The van der Waals surface area contributed by atoms with Crippen molar-refractivity contribution in [1.82, 2.24) is 0 Å². The zero-order valence-electron chi connectivity index (χ0n) is 6.22. The summed E-state index contributed by atoms with van der Waals surface area (Å²) in [5.74, 6) is 0. The Kier molecular flexibility index (Phi) is 4670. The van der Waals surface area contributed by atoms with Crippen molar-refractivity contribution in [2.45, 2.75) is 0 Å². The van der Waals surface area contributed by atoms with Crippen LogP contribution in [0.25, 0.3) is 0 Å². The molecule has 0 bridgehead atoms. The van der Waals surface area contributed by atoms with Crippen molar-refractivity contribution in [2.75, 3.05) is 0 Å². The molecule has 0 atom stereocenters. The molecule has 0 radical (unpaired) electrons. The van der Waals surface area contributed by atoms with Crippen LogP contribution in [-0.2, 0) is 35.7 Å². The molecular weight excluding hydrogens is 218 g/mol. The van der Waals surface area contributed by atoms with Crippen LogP contribution in [0.1, 0.15) is 0 Å². The fraction of sp³-hybridized carbons (Fsp3) is 0. The van der Waals surface area contributed by atoms with Gasteiger partial charge in [0.1, 0.15) is 0 Å². The summed E-state index contributed by atoms with van der Waals surface area (Å²) in [6.07, 6.45) is 1.18. The van der Waals surface area contributed by atoms with E-state index in [0.717, 1.165) is 0 Å². The van der Waals surface area contributed by atoms with E-state index in [0.29, 0.717) is 0 Å². The summed E-state index contributed by atoms with van der Waals surface area (Å²) in [4.78, 5) is 0. The van der Waals surface area contributed by atoms with Crippen LogP contribution in [0.3, 0.4) is 0 Å². The first-order valence-electron chi connectivity index (χ1n) is 1.74. The van der Waals surface area contributed by atoms with Crippen molar-refractivity contribution >= 4 is 0 Å². The molecule has 0 aliphatic heterocycles. The minimum atomic E-state index is 0. The number of hydrogen-bond donors (Lipinski definition) is 0. The first kappa shape index (κ1) is 40.8. The van der Waals surface area contributed by atoms with E-state index in [-0.39, 0.29) is 17.1 Å². The van der Waals surface area contributed by atoms with Crippen LogP contribution < -0.4 is 0 Å². The van der Waals surface area contributed by atoms with E-state index >= 15 is 0 Å². The first-order valence-corrected chi connectivity index (χ1v) is 1.74. The van der Waals surface area contributed by atoms with Gasteiger partial charge in [-0.25, -0.2) is 5.26 Å². The standard InChI is InChI=1S/C3H3N.4CO.Fe/c1-2-3-4;4*1-2;/h2H,1H2;;;;;/q-2;;;;;+2. The Hall–Kier alpha value is -1.16. The normalized spacial score (nSPS) is 1.85. The van der Waals surface area contributed by atoms with E-state index in [1.165, 1.54) is 6.42 Å². The molecule has 5 nitrogen and oxygen atoms in total. The Morgan fingerprint density at radius 1 is 0.923 bits per heavy atom. The Labute approximate surface area is 87.5 Å². The predicted octanol–water partition coefficient (Wildman–Crippen LogP) is 0.396. The topological polar surface area (TPSA) is 103 Å². The molecule has 0 aliphatic carbocycles. The number of rotatable bonds is 0. The molecule has 0 unspecified atom stereocenters. The fourth-order valence-corrected chi connectivity index (χ4v) is 0. The van der Waals surface area contributed by atoms with Gasteiger partial charge in [0.05, 0.1) is 0 Å². The average Bonchev–Trinajstić information content (AvgIpc) is 2.29. The number of nitrogens with zero attached hydrogens (tertiary/aromatic N) is 1. The first-order chi connectivity index (χ1) is 5.91. The molecule has 0 aromatic carbocycles. The minimum Gasteiger partial charge on any atom is -0.486 e. The molecule has 0 heterocycles. The second-order valence-electron chi connectivity index (χ2n) is 0.333. The van der Waals surface area contributed by atoms with E-state index in [2.05, 4.69) is 33.5 Å². The summed E-state index contributed by atoms with van der Waals surface area (Å²) >= 11 is 0. The van der Waals surface area contributed by atoms with E-state index in [1.807, 2.05) is 0 Å². The van der Waals surface area contributed by atoms with Crippen LogP contribution in [0.4, 0.5) is 0 Å². The molecular formula is C7H3FeNO4. The molecule has 0 aliphatic rings. The number of nitriles is 1. The second-order valence-corrected chi connectivity index (χ2v) is 0.333. The van der Waals surface area contributed by atoms with Gasteiger partial charge in [-0.05, 0) is 0 Å². The van der Waals surface area contributed by atoms with Crippen molar-refractivity contribution in [3.63, 3.8) is 0 Å². The van der Waals surface area contributed by atoms with Crippen LogP contribution in [0.5, 0.6) is 0 Å². The summed E-state index contributed by atoms with van der Waals surface area (Å²) in [5.41, 5.74) is 0. The summed E-state index contributed by atoms with van der Waals surface area (Å²) in [6, 6.07) is 1.69. The molecule has 68 valence electrons. The van der Waals surface area contributed by atoms with Gasteiger partial charge in [-0.3, -0.25) is 0 Å². The van der Waals surface area contributed by atoms with E-state index in [4.69, 9.17) is 23.9 Å². The maximum atomic E-state index is 7.51. The van der Waals surface area contributed by atoms with Gasteiger partial charge in [-0.2, -0.15) is 0 Å². The van der Waals surface area contributed by atoms with E-state index in [9.17, 15) is 0 Å². The molecule has 6 heteroatoms. The zero-order valence-corrected chi connectivity index (χ0v) is 7.32. The summed E-state index contributed by atoms with van der Waals surface area (Å²) in [7, 11) is 0. The fourth-order valence-electron chi connectivity index (χ4n) is 0. The Morgan fingerprint density at radius 3 is 1.00 bits per heavy atom. The summed E-state index contributed by atoms with van der Waals surface area (Å²) < 4.78 is 30.0. The molecule has 0 aromatic rings. The van der Waals surface area contributed by atoms with Crippen LogP contribution in [-0.4, -0.2) is 0 Å². The van der Waals surface area contributed by atoms with Crippen LogP contribution in [0.2, 0.25) is 0 Å². The summed E-state index contributed by atoms with van der Waals surface area (Å²) in [5, 5.41) is 7.51. The maximum absolute atomic E-state index is 7.51. The molecule has 0 spiro atoms. The number of hydrogen-bond acceptors (Lipinski definition) is 1. The van der Waals surface area contributed by atoms with Crippen LogP contribution >= 0.6 is 0 Å². The third-order valence-electron chi connectivity index (χ3n) is 0.0913. The van der Waals surface area contributed by atoms with Gasteiger partial charge in [-0.1, -0.05) is 0 Å². The van der Waals surface area contributed by atoms with Gasteiger partial charge in [0, 0.05) is 0 Å². The van der Waals surface area contributed by atoms with Crippen molar-refractivity contribution in [1.29, 1.82) is 5.26 Å². The zero-order chi connectivity index (χ0) is 11.4. The SMILES string of the molecule is [C-]#[O+].[C-]#[O+].[C-]#[O+].[C-]#[O+].[CH2-][CH-]C#N.[Fe+2]. The molecule has 0 rings (SSSR count). The predicted molar refractivity (Wildman–Crippen MR) is 31.0 cm³/mol. The minimum absolute atomic E-state index is 0. The largest absolute Gasteiger partial charge is 2.00 e. The smallest absolute Gasteiger partial charge is 0.486 e. The van der Waals surface area contributed by atoms with Gasteiger partial charge >= 0.3 is 62.3 Å². The molecule has 0 saturated heterocycles. The van der Waals surface area contributed by atoms with E-state index in [1.54, 1.807) is 6.07 Å². The molecule has 0 amide bonds. The van der Waals surface area contributed by atoms with Crippen molar-refractivity contribution in [3.05, 3.63) is 39.9 Å². The quantitative estimate of drug-likeness (QED) is 0.329. The van der Waals surface area contributed by atoms with Gasteiger partial charge in [0.15, 0.2) is 0 Å². The van der Waals surface area contributed by atoms with Gasteiger partial charge in [0.25, 0.3) is 0 Å². The van der Waals surface area contributed by atoms with Crippen molar-refractivity contribution in [3.8, 4) is 6.07 Å². The van der Waals surface area contributed by atoms with Gasteiger partial charge < -0.3 is 13.3 Å². The molecule has 0 fully saturated rings.